The molecule has 5 heteroatoms. The van der Waals surface area contributed by atoms with Crippen molar-refractivity contribution in [1.82, 2.24) is 5.32 Å². The minimum Gasteiger partial charge on any atom is -0.481 e. The lowest BCUT2D eigenvalue weighted by molar-refractivity contribution is -0.137. The van der Waals surface area contributed by atoms with Crippen molar-refractivity contribution in [2.24, 2.45) is 0 Å². The first kappa shape index (κ1) is 14.3. The number of nitrogens with one attached hydrogen (secondary N) is 1. The molecule has 18 heavy (non-hydrogen) atoms. The van der Waals surface area contributed by atoms with Crippen molar-refractivity contribution < 1.29 is 14.7 Å². The summed E-state index contributed by atoms with van der Waals surface area (Å²) < 4.78 is 0. The molecular formula is C13H14ClNO3. The summed E-state index contributed by atoms with van der Waals surface area (Å²) in [5.41, 5.74) is 0.875. The molecule has 1 rings (SSSR count). The molecule has 1 aromatic rings. The van der Waals surface area contributed by atoms with Crippen molar-refractivity contribution in [3.05, 3.63) is 40.9 Å². The van der Waals surface area contributed by atoms with Crippen molar-refractivity contribution in [2.45, 2.75) is 12.8 Å². The van der Waals surface area contributed by atoms with E-state index in [9.17, 15) is 9.59 Å². The van der Waals surface area contributed by atoms with Gasteiger partial charge in [-0.2, -0.15) is 0 Å². The fourth-order valence-corrected chi connectivity index (χ4v) is 1.38. The molecule has 2 N–H and O–H groups in total. The number of carbonyl (C=O) groups is 2. The highest BCUT2D eigenvalue weighted by Gasteiger charge is 1.98. The molecule has 0 unspecified atom stereocenters. The summed E-state index contributed by atoms with van der Waals surface area (Å²) in [6.45, 7) is 0.357. The Morgan fingerprint density at radius 3 is 2.56 bits per heavy atom. The van der Waals surface area contributed by atoms with Gasteiger partial charge in [-0.15, -0.1) is 0 Å². The summed E-state index contributed by atoms with van der Waals surface area (Å²) in [6.07, 6.45) is 3.56. The molecule has 0 aliphatic rings. The highest BCUT2D eigenvalue weighted by Crippen LogP contribution is 2.10. The van der Waals surface area contributed by atoms with Gasteiger partial charge in [0.25, 0.3) is 0 Å². The molecule has 1 amide bonds. The van der Waals surface area contributed by atoms with Gasteiger partial charge in [0.05, 0.1) is 0 Å². The minimum absolute atomic E-state index is 0.0567. The Hall–Kier alpha value is -1.81. The second kappa shape index (κ2) is 7.50. The summed E-state index contributed by atoms with van der Waals surface area (Å²) in [5.74, 6) is -1.10. The van der Waals surface area contributed by atoms with Crippen LogP contribution in [-0.4, -0.2) is 23.5 Å². The molecule has 0 atom stereocenters. The van der Waals surface area contributed by atoms with Crippen molar-refractivity contribution in [3.8, 4) is 0 Å². The van der Waals surface area contributed by atoms with Crippen LogP contribution in [-0.2, 0) is 9.59 Å². The normalized spacial score (nSPS) is 10.5. The topological polar surface area (TPSA) is 66.4 Å². The number of aliphatic carboxylic acids is 1. The van der Waals surface area contributed by atoms with Gasteiger partial charge in [0, 0.05) is 24.1 Å². The number of hydrogen-bond acceptors (Lipinski definition) is 2. The maximum atomic E-state index is 11.4. The van der Waals surface area contributed by atoms with E-state index in [4.69, 9.17) is 16.7 Å². The second-order valence-corrected chi connectivity index (χ2v) is 4.11. The maximum absolute atomic E-state index is 11.4. The van der Waals surface area contributed by atoms with E-state index in [0.717, 1.165) is 5.56 Å². The van der Waals surface area contributed by atoms with Gasteiger partial charge in [0.2, 0.25) is 5.91 Å². The van der Waals surface area contributed by atoms with Gasteiger partial charge in [0.1, 0.15) is 0 Å². The number of carboxylic acids is 1. The van der Waals surface area contributed by atoms with E-state index in [-0.39, 0.29) is 12.3 Å². The number of halogens is 1. The van der Waals surface area contributed by atoms with Crippen molar-refractivity contribution >= 4 is 29.6 Å². The van der Waals surface area contributed by atoms with Crippen LogP contribution in [0, 0.1) is 0 Å². The molecule has 0 aliphatic carbocycles. The van der Waals surface area contributed by atoms with Gasteiger partial charge in [-0.1, -0.05) is 23.7 Å². The zero-order valence-electron chi connectivity index (χ0n) is 9.73. The first-order valence-corrected chi connectivity index (χ1v) is 5.89. The molecule has 0 aromatic heterocycles. The Morgan fingerprint density at radius 1 is 1.28 bits per heavy atom. The Labute approximate surface area is 110 Å². The van der Waals surface area contributed by atoms with Crippen LogP contribution in [0.2, 0.25) is 5.02 Å². The maximum Gasteiger partial charge on any atom is 0.303 e. The van der Waals surface area contributed by atoms with Gasteiger partial charge in [-0.25, -0.2) is 0 Å². The lowest BCUT2D eigenvalue weighted by atomic mass is 10.2. The second-order valence-electron chi connectivity index (χ2n) is 3.67. The minimum atomic E-state index is -0.860. The lowest BCUT2D eigenvalue weighted by Crippen LogP contribution is -2.22. The van der Waals surface area contributed by atoms with E-state index in [1.807, 2.05) is 0 Å². The number of rotatable bonds is 6. The number of benzene rings is 1. The summed E-state index contributed by atoms with van der Waals surface area (Å²) >= 11 is 5.73. The zero-order valence-corrected chi connectivity index (χ0v) is 10.5. The standard InChI is InChI=1S/C13H14ClNO3/c14-11-6-3-10(4-7-11)5-8-12(16)15-9-1-2-13(17)18/h3-8H,1-2,9H2,(H,15,16)(H,17,18)/b8-5+. The van der Waals surface area contributed by atoms with Crippen LogP contribution in [0.5, 0.6) is 0 Å². The predicted molar refractivity (Wildman–Crippen MR) is 70.4 cm³/mol. The largest absolute Gasteiger partial charge is 0.481 e. The van der Waals surface area contributed by atoms with Crippen LogP contribution in [0.1, 0.15) is 18.4 Å². The van der Waals surface area contributed by atoms with Crippen LogP contribution in [0.25, 0.3) is 6.08 Å². The molecule has 0 heterocycles. The zero-order chi connectivity index (χ0) is 13.4. The predicted octanol–water partition coefficient (Wildman–Crippen LogP) is 2.33. The van der Waals surface area contributed by atoms with Crippen LogP contribution in [0.3, 0.4) is 0 Å². The molecule has 0 aliphatic heterocycles. The molecular weight excluding hydrogens is 254 g/mol. The fraction of sp³-hybridized carbons (Fsp3) is 0.231. The average Bonchev–Trinajstić information content (AvgIpc) is 2.34. The average molecular weight is 268 g/mol. The first-order chi connectivity index (χ1) is 8.58. The fourth-order valence-electron chi connectivity index (χ4n) is 1.26. The van der Waals surface area contributed by atoms with E-state index in [1.54, 1.807) is 30.3 Å². The van der Waals surface area contributed by atoms with E-state index in [2.05, 4.69) is 5.32 Å². The number of carbonyl (C=O) groups excluding carboxylic acids is 1. The van der Waals surface area contributed by atoms with Crippen molar-refractivity contribution in [1.29, 1.82) is 0 Å². The van der Waals surface area contributed by atoms with Gasteiger partial charge in [-0.3, -0.25) is 9.59 Å². The highest BCUT2D eigenvalue weighted by atomic mass is 35.5. The third-order valence-electron chi connectivity index (χ3n) is 2.16. The van der Waals surface area contributed by atoms with Gasteiger partial charge in [0.15, 0.2) is 0 Å². The molecule has 96 valence electrons. The number of amides is 1. The van der Waals surface area contributed by atoms with Crippen LogP contribution in [0.15, 0.2) is 30.3 Å². The van der Waals surface area contributed by atoms with Crippen molar-refractivity contribution in [3.63, 3.8) is 0 Å². The van der Waals surface area contributed by atoms with E-state index in [0.29, 0.717) is 18.0 Å². The van der Waals surface area contributed by atoms with Crippen molar-refractivity contribution in [2.75, 3.05) is 6.54 Å². The Bertz CT molecular complexity index is 440. The quantitative estimate of drug-likeness (QED) is 0.614. The molecule has 4 nitrogen and oxygen atoms in total. The van der Waals surface area contributed by atoms with E-state index in [1.165, 1.54) is 6.08 Å². The highest BCUT2D eigenvalue weighted by molar-refractivity contribution is 6.30. The van der Waals surface area contributed by atoms with E-state index >= 15 is 0 Å². The summed E-state index contributed by atoms with van der Waals surface area (Å²) in [4.78, 5) is 21.6. The summed E-state index contributed by atoms with van der Waals surface area (Å²) in [5, 5.41) is 11.7. The molecule has 0 fully saturated rings. The molecule has 0 spiro atoms. The van der Waals surface area contributed by atoms with E-state index < -0.39 is 5.97 Å². The molecule has 0 saturated heterocycles. The van der Waals surface area contributed by atoms with Gasteiger partial charge < -0.3 is 10.4 Å². The lowest BCUT2D eigenvalue weighted by Gasteiger charge is -1.99. The van der Waals surface area contributed by atoms with Crippen LogP contribution in [0.4, 0.5) is 0 Å². The molecule has 1 aromatic carbocycles. The Kier molecular flexibility index (Phi) is 5.94. The Morgan fingerprint density at radius 2 is 1.94 bits per heavy atom. The number of hydrogen-bond donors (Lipinski definition) is 2. The van der Waals surface area contributed by atoms with Crippen LogP contribution >= 0.6 is 11.6 Å². The number of carboxylic acid groups (broad SMARTS) is 1. The SMILES string of the molecule is O=C(O)CCCNC(=O)/C=C/c1ccc(Cl)cc1. The monoisotopic (exact) mass is 267 g/mol. The summed E-state index contributed by atoms with van der Waals surface area (Å²) in [6, 6.07) is 7.09. The van der Waals surface area contributed by atoms with Gasteiger partial charge in [-0.05, 0) is 30.2 Å². The molecule has 0 saturated carbocycles. The molecule has 0 bridgehead atoms. The van der Waals surface area contributed by atoms with Gasteiger partial charge >= 0.3 is 5.97 Å². The summed E-state index contributed by atoms with van der Waals surface area (Å²) in [7, 11) is 0. The first-order valence-electron chi connectivity index (χ1n) is 5.51. The van der Waals surface area contributed by atoms with Crippen LogP contribution < -0.4 is 5.32 Å². The Balaban J connectivity index is 2.31. The third kappa shape index (κ3) is 6.06. The third-order valence-corrected chi connectivity index (χ3v) is 2.42. The smallest absolute Gasteiger partial charge is 0.303 e. The molecule has 0 radical (unpaired) electrons.